The van der Waals surface area contributed by atoms with Crippen molar-refractivity contribution in [2.75, 3.05) is 5.31 Å². The predicted octanol–water partition coefficient (Wildman–Crippen LogP) is -0.0220. The zero-order valence-corrected chi connectivity index (χ0v) is 4.03. The molecule has 4 nitrogen and oxygen atoms in total. The first-order valence-electron chi connectivity index (χ1n) is 2.52. The average Bonchev–Trinajstić information content (AvgIpc) is 2.37. The second kappa shape index (κ2) is 2.11. The molecule has 0 aliphatic rings. The number of aromatic amines is 1. The lowest BCUT2D eigenvalue weighted by atomic mass is 10.6. The zero-order valence-electron chi connectivity index (χ0n) is 5.03. The molecule has 0 aromatic carbocycles. The van der Waals surface area contributed by atoms with Crippen molar-refractivity contribution >= 4 is 12.2 Å². The van der Waals surface area contributed by atoms with Crippen LogP contribution in [-0.2, 0) is 4.79 Å². The summed E-state index contributed by atoms with van der Waals surface area (Å²) in [5.41, 5.74) is 0. The van der Waals surface area contributed by atoms with Crippen LogP contribution in [0.1, 0.15) is 0 Å². The molecule has 4 heteroatoms. The molecule has 0 aliphatic carbocycles. The summed E-state index contributed by atoms with van der Waals surface area (Å²) >= 11 is 0. The van der Waals surface area contributed by atoms with E-state index in [2.05, 4.69) is 10.2 Å². The smallest absolute Gasteiger partial charge is 0.212 e. The number of amides is 1. The van der Waals surface area contributed by atoms with Gasteiger partial charge >= 0.3 is 0 Å². The maximum Gasteiger partial charge on any atom is 0.212 e. The summed E-state index contributed by atoms with van der Waals surface area (Å²) in [5, 5.41) is 6.65. The summed E-state index contributed by atoms with van der Waals surface area (Å²) in [5.74, 6) is 0.366. The zero-order chi connectivity index (χ0) is 6.69. The fourth-order valence-corrected chi connectivity index (χ4v) is 0.377. The molecule has 1 rings (SSSR count). The Balaban J connectivity index is 2.76. The number of nitrogens with one attached hydrogen (secondary N) is 2. The van der Waals surface area contributed by atoms with Crippen LogP contribution in [0.3, 0.4) is 0 Å². The average molecular weight is 112 g/mol. The highest BCUT2D eigenvalue weighted by Crippen LogP contribution is 1.93. The Hall–Kier alpha value is -1.32. The molecular weight excluding hydrogens is 106 g/mol. The van der Waals surface area contributed by atoms with Gasteiger partial charge < -0.3 is 5.31 Å². The monoisotopic (exact) mass is 112 g/mol. The number of rotatable bonds is 2. The Morgan fingerprint density at radius 3 is 3.50 bits per heavy atom. The highest BCUT2D eigenvalue weighted by molar-refractivity contribution is 5.68. The minimum Gasteiger partial charge on any atom is -0.314 e. The topological polar surface area (TPSA) is 57.8 Å². The van der Waals surface area contributed by atoms with Gasteiger partial charge in [-0.15, -0.1) is 0 Å². The summed E-state index contributed by atoms with van der Waals surface area (Å²) in [6.07, 6.45) is 1.86. The van der Waals surface area contributed by atoms with Gasteiger partial charge in [0.2, 0.25) is 6.41 Å². The number of hydrogen-bond donors (Lipinski definition) is 2. The van der Waals surface area contributed by atoms with E-state index in [1.165, 1.54) is 12.3 Å². The van der Waals surface area contributed by atoms with Gasteiger partial charge in [0.15, 0.2) is 1.41 Å². The number of nitrogens with zero attached hydrogens (tertiary/aromatic N) is 1. The van der Waals surface area contributed by atoms with Crippen molar-refractivity contribution in [3.8, 4) is 0 Å². The van der Waals surface area contributed by atoms with Crippen LogP contribution in [0.15, 0.2) is 12.3 Å². The third-order valence-corrected chi connectivity index (χ3v) is 0.678. The molecule has 0 aliphatic heterocycles. The predicted molar refractivity (Wildman–Crippen MR) is 28.3 cm³/mol. The Morgan fingerprint density at radius 2 is 3.00 bits per heavy atom. The first-order chi connectivity index (χ1) is 4.34. The molecule has 0 atom stereocenters. The van der Waals surface area contributed by atoms with E-state index >= 15 is 0 Å². The van der Waals surface area contributed by atoms with Crippen LogP contribution >= 0.6 is 0 Å². The van der Waals surface area contributed by atoms with Gasteiger partial charge in [-0.2, -0.15) is 5.10 Å². The molecule has 0 fully saturated rings. The molecular formula is C4H5N3O. The number of carbonyl (C=O) groups is 1. The summed E-state index contributed by atoms with van der Waals surface area (Å²) in [6, 6.07) is 1.53. The van der Waals surface area contributed by atoms with E-state index in [0.29, 0.717) is 17.5 Å². The second-order valence-corrected chi connectivity index (χ2v) is 1.18. The molecule has 42 valence electrons. The van der Waals surface area contributed by atoms with Crippen molar-refractivity contribution in [2.24, 2.45) is 0 Å². The van der Waals surface area contributed by atoms with E-state index in [1.807, 2.05) is 0 Å². The Bertz CT molecular complexity index is 186. The molecule has 0 saturated heterocycles. The largest absolute Gasteiger partial charge is 0.314 e. The van der Waals surface area contributed by atoms with E-state index in [1.54, 1.807) is 0 Å². The van der Waals surface area contributed by atoms with E-state index in [4.69, 9.17) is 1.41 Å². The van der Waals surface area contributed by atoms with Crippen molar-refractivity contribution < 1.29 is 6.21 Å². The molecule has 1 amide bonds. The van der Waals surface area contributed by atoms with Crippen LogP contribution < -0.4 is 5.31 Å². The molecule has 1 aromatic heterocycles. The summed E-state index contributed by atoms with van der Waals surface area (Å²) in [6.45, 7) is 0. The standard InChI is InChI=1S/C4H5N3O/c8-3-5-4-1-2-6-7-4/h1-3H,(H2,5,6,7,8)/i/hD. The van der Waals surface area contributed by atoms with Crippen LogP contribution in [0.25, 0.3) is 0 Å². The first-order valence-corrected chi connectivity index (χ1v) is 2.07. The van der Waals surface area contributed by atoms with Gasteiger partial charge in [-0.1, -0.05) is 0 Å². The van der Waals surface area contributed by atoms with Gasteiger partial charge in [0.05, 0.1) is 6.20 Å². The number of hydrogen-bond acceptors (Lipinski definition) is 2. The van der Waals surface area contributed by atoms with Gasteiger partial charge in [0.25, 0.3) is 0 Å². The first kappa shape index (κ1) is 3.65. The van der Waals surface area contributed by atoms with Crippen LogP contribution in [0.5, 0.6) is 0 Å². The molecule has 1 aromatic rings. The molecule has 2 N–H and O–H groups in total. The van der Waals surface area contributed by atoms with Crippen molar-refractivity contribution in [1.82, 2.24) is 10.2 Å². The molecule has 8 heavy (non-hydrogen) atoms. The van der Waals surface area contributed by atoms with E-state index in [0.717, 1.165) is 0 Å². The fourth-order valence-electron chi connectivity index (χ4n) is 0.377. The SMILES string of the molecule is [2H]N(C=O)c1ccn[nH]1. The number of aromatic nitrogens is 2. The highest BCUT2D eigenvalue weighted by Gasteiger charge is 1.84. The maximum absolute atomic E-state index is 9.89. The van der Waals surface area contributed by atoms with Crippen molar-refractivity contribution in [1.29, 1.82) is 0 Å². The highest BCUT2D eigenvalue weighted by atomic mass is 16.1. The maximum atomic E-state index is 9.89. The Morgan fingerprint density at radius 1 is 2.12 bits per heavy atom. The van der Waals surface area contributed by atoms with Crippen molar-refractivity contribution in [3.63, 3.8) is 0 Å². The van der Waals surface area contributed by atoms with Gasteiger partial charge in [-0.05, 0) is 0 Å². The summed E-state index contributed by atoms with van der Waals surface area (Å²) in [7, 11) is 0. The van der Waals surface area contributed by atoms with E-state index in [-0.39, 0.29) is 0 Å². The minimum absolute atomic E-state index is 0.366. The van der Waals surface area contributed by atoms with Crippen molar-refractivity contribution in [3.05, 3.63) is 12.3 Å². The van der Waals surface area contributed by atoms with Crippen molar-refractivity contribution in [2.45, 2.75) is 0 Å². The van der Waals surface area contributed by atoms with Gasteiger partial charge in [-0.3, -0.25) is 9.89 Å². The third-order valence-electron chi connectivity index (χ3n) is 0.678. The summed E-state index contributed by atoms with van der Waals surface area (Å²) in [4.78, 5) is 9.89. The third kappa shape index (κ3) is 0.841. The van der Waals surface area contributed by atoms with Crippen LogP contribution in [-0.4, -0.2) is 16.6 Å². The number of H-pyrrole nitrogens is 1. The molecule has 0 unspecified atom stereocenters. The molecule has 0 radical (unpaired) electrons. The van der Waals surface area contributed by atoms with Crippen LogP contribution in [0.2, 0.25) is 1.41 Å². The minimum atomic E-state index is 0.366. The fraction of sp³-hybridized carbons (Fsp3) is 0. The Kier molecular flexibility index (Phi) is 0.963. The molecule has 0 spiro atoms. The second-order valence-electron chi connectivity index (χ2n) is 1.18. The number of carbonyl (C=O) groups excluding carboxylic acids is 1. The normalized spacial score (nSPS) is 10.2. The molecule has 0 saturated carbocycles. The van der Waals surface area contributed by atoms with Gasteiger partial charge in [-0.25, -0.2) is 0 Å². The van der Waals surface area contributed by atoms with Crippen LogP contribution in [0.4, 0.5) is 5.82 Å². The molecule has 1 heterocycles. The van der Waals surface area contributed by atoms with Crippen LogP contribution in [0, 0.1) is 0 Å². The Labute approximate surface area is 47.4 Å². The van der Waals surface area contributed by atoms with E-state index in [9.17, 15) is 4.79 Å². The van der Waals surface area contributed by atoms with Gasteiger partial charge in [0, 0.05) is 6.07 Å². The molecule has 0 bridgehead atoms. The summed E-state index contributed by atoms with van der Waals surface area (Å²) < 4.78 is 6.87. The lowest BCUT2D eigenvalue weighted by Gasteiger charge is -1.85. The van der Waals surface area contributed by atoms with E-state index < -0.39 is 0 Å². The van der Waals surface area contributed by atoms with Gasteiger partial charge in [0.1, 0.15) is 5.82 Å². The lowest BCUT2D eigenvalue weighted by molar-refractivity contribution is -0.105. The number of anilines is 1. The lowest BCUT2D eigenvalue weighted by Crippen LogP contribution is -1.92. The quantitative estimate of drug-likeness (QED) is 0.528.